The highest BCUT2D eigenvalue weighted by molar-refractivity contribution is 5.71. The van der Waals surface area contributed by atoms with Gasteiger partial charge in [0.2, 0.25) is 0 Å². The molecule has 1 fully saturated rings. The number of nitrogens with one attached hydrogen (secondary N) is 1. The van der Waals surface area contributed by atoms with Gasteiger partial charge in [0.15, 0.2) is 0 Å². The van der Waals surface area contributed by atoms with Crippen molar-refractivity contribution in [2.24, 2.45) is 5.73 Å². The van der Waals surface area contributed by atoms with Crippen molar-refractivity contribution in [2.75, 3.05) is 0 Å². The largest absolute Gasteiger partial charge is 0.463 e. The van der Waals surface area contributed by atoms with Crippen molar-refractivity contribution in [3.8, 4) is 0 Å². The Hall–Kier alpha value is -1.26. The van der Waals surface area contributed by atoms with Crippen molar-refractivity contribution < 1.29 is 14.3 Å². The minimum Gasteiger partial charge on any atom is -0.463 e. The minimum absolute atomic E-state index is 0.0124. The number of primary amides is 1. The third-order valence-electron chi connectivity index (χ3n) is 2.35. The molecule has 0 aromatic carbocycles. The molecule has 0 atom stereocenters. The second-order valence-electron chi connectivity index (χ2n) is 3.59. The standard InChI is InChI=1S/C9H16N2O3/c1-6(12)14-8-4-2-7(3-5-8)11-9(10)13/h7-8H,2-5H2,1H3,(H3,10,11,13). The van der Waals surface area contributed by atoms with Crippen molar-refractivity contribution in [1.29, 1.82) is 0 Å². The van der Waals surface area contributed by atoms with E-state index in [4.69, 9.17) is 10.5 Å². The van der Waals surface area contributed by atoms with Crippen LogP contribution in [0, 0.1) is 0 Å². The van der Waals surface area contributed by atoms with Gasteiger partial charge in [0.1, 0.15) is 6.10 Å². The molecule has 1 saturated carbocycles. The molecule has 0 unspecified atom stereocenters. The Morgan fingerprint density at radius 1 is 1.29 bits per heavy atom. The fourth-order valence-electron chi connectivity index (χ4n) is 1.76. The molecule has 0 aliphatic heterocycles. The first-order valence-electron chi connectivity index (χ1n) is 4.81. The van der Waals surface area contributed by atoms with Crippen LogP contribution in [0.15, 0.2) is 0 Å². The molecule has 0 bridgehead atoms. The number of ether oxygens (including phenoxy) is 1. The molecule has 1 aliphatic carbocycles. The highest BCUT2D eigenvalue weighted by atomic mass is 16.5. The van der Waals surface area contributed by atoms with Crippen molar-refractivity contribution in [3.05, 3.63) is 0 Å². The van der Waals surface area contributed by atoms with Gasteiger partial charge in [0, 0.05) is 13.0 Å². The molecule has 1 aliphatic rings. The zero-order valence-corrected chi connectivity index (χ0v) is 8.29. The first-order valence-corrected chi connectivity index (χ1v) is 4.81. The molecule has 5 heteroatoms. The zero-order valence-electron chi connectivity index (χ0n) is 8.29. The van der Waals surface area contributed by atoms with E-state index in [2.05, 4.69) is 5.32 Å². The summed E-state index contributed by atoms with van der Waals surface area (Å²) < 4.78 is 5.06. The van der Waals surface area contributed by atoms with E-state index in [0.717, 1.165) is 25.7 Å². The third-order valence-corrected chi connectivity index (χ3v) is 2.35. The Morgan fingerprint density at radius 3 is 2.29 bits per heavy atom. The van der Waals surface area contributed by atoms with Crippen LogP contribution in [-0.4, -0.2) is 24.1 Å². The smallest absolute Gasteiger partial charge is 0.312 e. The molecular weight excluding hydrogens is 184 g/mol. The molecule has 0 aromatic rings. The van der Waals surface area contributed by atoms with Gasteiger partial charge in [-0.05, 0) is 25.7 Å². The Bertz CT molecular complexity index is 198. The second kappa shape index (κ2) is 4.83. The number of urea groups is 1. The van der Waals surface area contributed by atoms with Gasteiger partial charge in [-0.3, -0.25) is 4.79 Å². The lowest BCUT2D eigenvalue weighted by atomic mass is 9.93. The summed E-state index contributed by atoms with van der Waals surface area (Å²) in [6.07, 6.45) is 3.25. The highest BCUT2D eigenvalue weighted by Gasteiger charge is 2.23. The van der Waals surface area contributed by atoms with Crippen molar-refractivity contribution in [2.45, 2.75) is 44.8 Å². The zero-order chi connectivity index (χ0) is 10.6. The van der Waals surface area contributed by atoms with E-state index in [1.165, 1.54) is 6.92 Å². The normalized spacial score (nSPS) is 26.6. The Kier molecular flexibility index (Phi) is 3.73. The molecule has 0 radical (unpaired) electrons. The molecule has 2 amide bonds. The van der Waals surface area contributed by atoms with Crippen LogP contribution in [0.1, 0.15) is 32.6 Å². The van der Waals surface area contributed by atoms with Gasteiger partial charge < -0.3 is 15.8 Å². The number of amides is 2. The lowest BCUT2D eigenvalue weighted by Gasteiger charge is -2.27. The molecule has 80 valence electrons. The number of rotatable bonds is 2. The maximum absolute atomic E-state index is 10.7. The topological polar surface area (TPSA) is 81.4 Å². The van der Waals surface area contributed by atoms with E-state index in [1.54, 1.807) is 0 Å². The van der Waals surface area contributed by atoms with E-state index in [-0.39, 0.29) is 18.1 Å². The summed E-state index contributed by atoms with van der Waals surface area (Å²) in [6, 6.07) is -0.347. The second-order valence-corrected chi connectivity index (χ2v) is 3.59. The van der Waals surface area contributed by atoms with Gasteiger partial charge in [0.05, 0.1) is 0 Å². The van der Waals surface area contributed by atoms with Gasteiger partial charge >= 0.3 is 12.0 Å². The number of carbonyl (C=O) groups is 2. The van der Waals surface area contributed by atoms with Crippen LogP contribution in [0.4, 0.5) is 4.79 Å². The van der Waals surface area contributed by atoms with Gasteiger partial charge in [-0.1, -0.05) is 0 Å². The van der Waals surface area contributed by atoms with Crippen LogP contribution in [0.5, 0.6) is 0 Å². The Morgan fingerprint density at radius 2 is 1.86 bits per heavy atom. The van der Waals surface area contributed by atoms with Crippen molar-refractivity contribution in [3.63, 3.8) is 0 Å². The minimum atomic E-state index is -0.485. The molecule has 0 saturated heterocycles. The van der Waals surface area contributed by atoms with E-state index < -0.39 is 6.03 Å². The summed E-state index contributed by atoms with van der Waals surface area (Å²) in [7, 11) is 0. The predicted octanol–water partition coefficient (Wildman–Crippen LogP) is 0.529. The van der Waals surface area contributed by atoms with Crippen LogP contribution < -0.4 is 11.1 Å². The number of esters is 1. The number of carbonyl (C=O) groups excluding carboxylic acids is 2. The Labute approximate surface area is 83.0 Å². The maximum Gasteiger partial charge on any atom is 0.312 e. The van der Waals surface area contributed by atoms with E-state index in [9.17, 15) is 9.59 Å². The number of hydrogen-bond acceptors (Lipinski definition) is 3. The van der Waals surface area contributed by atoms with Crippen molar-refractivity contribution in [1.82, 2.24) is 5.32 Å². The summed E-state index contributed by atoms with van der Waals surface area (Å²) in [5.74, 6) is -0.240. The first-order chi connectivity index (χ1) is 6.58. The summed E-state index contributed by atoms with van der Waals surface area (Å²) in [4.78, 5) is 21.2. The van der Waals surface area contributed by atoms with E-state index in [0.29, 0.717) is 0 Å². The lowest BCUT2D eigenvalue weighted by molar-refractivity contribution is -0.147. The molecular formula is C9H16N2O3. The van der Waals surface area contributed by atoms with Gasteiger partial charge in [-0.25, -0.2) is 4.79 Å². The highest BCUT2D eigenvalue weighted by Crippen LogP contribution is 2.21. The average molecular weight is 200 g/mol. The molecule has 3 N–H and O–H groups in total. The molecule has 1 rings (SSSR count). The molecule has 14 heavy (non-hydrogen) atoms. The van der Waals surface area contributed by atoms with Gasteiger partial charge in [-0.15, -0.1) is 0 Å². The molecule has 0 aromatic heterocycles. The van der Waals surface area contributed by atoms with Crippen LogP contribution in [0.3, 0.4) is 0 Å². The van der Waals surface area contributed by atoms with Crippen LogP contribution in [0.2, 0.25) is 0 Å². The van der Waals surface area contributed by atoms with Crippen molar-refractivity contribution >= 4 is 12.0 Å². The third kappa shape index (κ3) is 3.64. The molecule has 5 nitrogen and oxygen atoms in total. The summed E-state index contributed by atoms with van der Waals surface area (Å²) in [5, 5.41) is 2.65. The first kappa shape index (κ1) is 10.8. The fourth-order valence-corrected chi connectivity index (χ4v) is 1.76. The van der Waals surface area contributed by atoms with Gasteiger partial charge in [0.25, 0.3) is 0 Å². The average Bonchev–Trinajstić information content (AvgIpc) is 2.06. The van der Waals surface area contributed by atoms with Crippen LogP contribution in [-0.2, 0) is 9.53 Å². The van der Waals surface area contributed by atoms with Crippen LogP contribution in [0.25, 0.3) is 0 Å². The monoisotopic (exact) mass is 200 g/mol. The number of nitrogens with two attached hydrogens (primary N) is 1. The van der Waals surface area contributed by atoms with E-state index in [1.807, 2.05) is 0 Å². The van der Waals surface area contributed by atoms with Crippen LogP contribution >= 0.6 is 0 Å². The molecule has 0 heterocycles. The summed E-state index contributed by atoms with van der Waals surface area (Å²) in [6.45, 7) is 1.41. The maximum atomic E-state index is 10.7. The Balaban J connectivity index is 2.24. The van der Waals surface area contributed by atoms with E-state index >= 15 is 0 Å². The fraction of sp³-hybridized carbons (Fsp3) is 0.778. The summed E-state index contributed by atoms with van der Waals surface area (Å²) >= 11 is 0. The lowest BCUT2D eigenvalue weighted by Crippen LogP contribution is -2.41. The van der Waals surface area contributed by atoms with Gasteiger partial charge in [-0.2, -0.15) is 0 Å². The number of hydrogen-bond donors (Lipinski definition) is 2. The summed E-state index contributed by atoms with van der Waals surface area (Å²) in [5.41, 5.74) is 5.00. The quantitative estimate of drug-likeness (QED) is 0.638. The SMILES string of the molecule is CC(=O)OC1CCC(NC(N)=O)CC1. The predicted molar refractivity (Wildman–Crippen MR) is 50.5 cm³/mol. The molecule has 0 spiro atoms.